The molecule has 0 spiro atoms. The van der Waals surface area contributed by atoms with E-state index in [0.29, 0.717) is 7.69 Å². The van der Waals surface area contributed by atoms with Crippen LogP contribution in [-0.2, 0) is 6.18 Å². The maximum Gasteiger partial charge on any atom is 0.569 e. The second-order valence-electron chi connectivity index (χ2n) is 2.10. The molecular formula is C6H4BF3NO2. The van der Waals surface area contributed by atoms with Crippen molar-refractivity contribution in [3.63, 3.8) is 0 Å². The number of rotatable bonds is 2. The normalized spacial score (nSPS) is 11.1. The van der Waals surface area contributed by atoms with Crippen molar-refractivity contribution in [2.75, 3.05) is 0 Å². The van der Waals surface area contributed by atoms with Crippen molar-refractivity contribution < 1.29 is 22.8 Å². The molecule has 1 radical (unpaired) electrons. The van der Waals surface area contributed by atoms with Crippen LogP contribution in [0.5, 0.6) is 5.75 Å². The van der Waals surface area contributed by atoms with Crippen molar-refractivity contribution in [3.8, 4) is 5.75 Å². The lowest BCUT2D eigenvalue weighted by molar-refractivity contribution is -0.141. The number of nitrogens with zero attached hydrogens (tertiary/aromatic N) is 1. The van der Waals surface area contributed by atoms with Crippen molar-refractivity contribution in [2.24, 2.45) is 0 Å². The van der Waals surface area contributed by atoms with E-state index in [2.05, 4.69) is 9.64 Å². The fourth-order valence-corrected chi connectivity index (χ4v) is 0.679. The fourth-order valence-electron chi connectivity index (χ4n) is 0.679. The summed E-state index contributed by atoms with van der Waals surface area (Å²) in [5.41, 5.74) is -1.00. The van der Waals surface area contributed by atoms with E-state index in [9.17, 15) is 13.2 Å². The third-order valence-corrected chi connectivity index (χ3v) is 1.22. The molecule has 0 amide bonds. The molecule has 0 fully saturated rings. The summed E-state index contributed by atoms with van der Waals surface area (Å²) in [4.78, 5) is 3.09. The Labute approximate surface area is 72.5 Å². The molecule has 0 atom stereocenters. The van der Waals surface area contributed by atoms with Gasteiger partial charge in [-0.25, -0.2) is 4.98 Å². The maximum atomic E-state index is 11.9. The minimum absolute atomic E-state index is 0.0375. The molecule has 0 unspecified atom stereocenters. The van der Waals surface area contributed by atoms with Crippen LogP contribution >= 0.6 is 0 Å². The zero-order valence-corrected chi connectivity index (χ0v) is 6.25. The van der Waals surface area contributed by atoms with Gasteiger partial charge in [0.1, 0.15) is 11.4 Å². The first kappa shape index (κ1) is 9.85. The van der Waals surface area contributed by atoms with Gasteiger partial charge in [-0.2, -0.15) is 13.2 Å². The van der Waals surface area contributed by atoms with Gasteiger partial charge in [0, 0.05) is 0 Å². The van der Waals surface area contributed by atoms with E-state index in [-0.39, 0.29) is 5.75 Å². The highest BCUT2D eigenvalue weighted by Crippen LogP contribution is 2.27. The minimum Gasteiger partial charge on any atom is -0.536 e. The summed E-state index contributed by atoms with van der Waals surface area (Å²) in [7, 11) is 0.365. The third-order valence-electron chi connectivity index (χ3n) is 1.22. The first-order valence-corrected chi connectivity index (χ1v) is 3.20. The highest BCUT2D eigenvalue weighted by Gasteiger charge is 2.32. The summed E-state index contributed by atoms with van der Waals surface area (Å²) < 4.78 is 40.2. The van der Waals surface area contributed by atoms with Crippen molar-refractivity contribution in [2.45, 2.75) is 6.18 Å². The van der Waals surface area contributed by atoms with Gasteiger partial charge in [0.2, 0.25) is 0 Å². The molecule has 1 aromatic rings. The predicted molar refractivity (Wildman–Crippen MR) is 37.8 cm³/mol. The van der Waals surface area contributed by atoms with E-state index in [1.165, 1.54) is 0 Å². The van der Waals surface area contributed by atoms with Crippen molar-refractivity contribution >= 4 is 7.69 Å². The van der Waals surface area contributed by atoms with Crippen LogP contribution in [0.15, 0.2) is 18.3 Å². The van der Waals surface area contributed by atoms with E-state index < -0.39 is 11.9 Å². The van der Waals surface area contributed by atoms with E-state index in [1.807, 2.05) is 0 Å². The van der Waals surface area contributed by atoms with Crippen LogP contribution < -0.4 is 4.65 Å². The molecule has 1 aromatic heterocycles. The number of alkyl halides is 3. The molecule has 3 nitrogen and oxygen atoms in total. The number of hydrogen-bond donors (Lipinski definition) is 1. The SMILES string of the molecule is O[B]Oc1ccc(C(F)(F)F)nc1. The van der Waals surface area contributed by atoms with Gasteiger partial charge in [-0.3, -0.25) is 0 Å². The second-order valence-corrected chi connectivity index (χ2v) is 2.10. The Morgan fingerprint density at radius 2 is 2.08 bits per heavy atom. The van der Waals surface area contributed by atoms with Crippen LogP contribution in [0.1, 0.15) is 5.69 Å². The average Bonchev–Trinajstić information content (AvgIpc) is 2.04. The number of halogens is 3. The highest BCUT2D eigenvalue weighted by molar-refractivity contribution is 6.17. The van der Waals surface area contributed by atoms with E-state index in [1.54, 1.807) is 0 Å². The van der Waals surface area contributed by atoms with Gasteiger partial charge in [0.05, 0.1) is 6.20 Å². The van der Waals surface area contributed by atoms with Crippen LogP contribution in [0.4, 0.5) is 13.2 Å². The van der Waals surface area contributed by atoms with Crippen LogP contribution in [0.3, 0.4) is 0 Å². The lowest BCUT2D eigenvalue weighted by Gasteiger charge is -2.05. The Kier molecular flexibility index (Phi) is 2.77. The summed E-state index contributed by atoms with van der Waals surface area (Å²) in [5.74, 6) is 0.0375. The van der Waals surface area contributed by atoms with Crippen molar-refractivity contribution in [1.29, 1.82) is 0 Å². The third kappa shape index (κ3) is 2.62. The number of pyridine rings is 1. The number of aromatic nitrogens is 1. The monoisotopic (exact) mass is 190 g/mol. The number of hydrogen-bond acceptors (Lipinski definition) is 3. The van der Waals surface area contributed by atoms with Gasteiger partial charge >= 0.3 is 13.9 Å². The molecule has 13 heavy (non-hydrogen) atoms. The lowest BCUT2D eigenvalue weighted by atomic mass is 10.3. The van der Waals surface area contributed by atoms with Gasteiger partial charge in [0.25, 0.3) is 0 Å². The molecule has 0 aliphatic rings. The molecule has 1 heterocycles. The zero-order valence-electron chi connectivity index (χ0n) is 6.25. The maximum absolute atomic E-state index is 11.9. The largest absolute Gasteiger partial charge is 0.569 e. The molecule has 7 heteroatoms. The second kappa shape index (κ2) is 3.65. The van der Waals surface area contributed by atoms with Gasteiger partial charge in [-0.15, -0.1) is 0 Å². The Balaban J connectivity index is 2.81. The molecule has 1 rings (SSSR count). The van der Waals surface area contributed by atoms with Crippen LogP contribution in [0.2, 0.25) is 0 Å². The summed E-state index contributed by atoms with van der Waals surface area (Å²) in [6.07, 6.45) is -3.59. The summed E-state index contributed by atoms with van der Waals surface area (Å²) in [5, 5.41) is 8.15. The van der Waals surface area contributed by atoms with Crippen LogP contribution in [0, 0.1) is 0 Å². The molecule has 1 N–H and O–H groups in total. The first-order chi connectivity index (χ1) is 6.04. The van der Waals surface area contributed by atoms with Gasteiger partial charge in [0.15, 0.2) is 0 Å². The molecule has 0 aliphatic heterocycles. The highest BCUT2D eigenvalue weighted by atomic mass is 19.4. The average molecular weight is 190 g/mol. The fraction of sp³-hybridized carbons (Fsp3) is 0.167. The Hall–Kier alpha value is -1.24. The molecule has 0 aromatic carbocycles. The van der Waals surface area contributed by atoms with E-state index >= 15 is 0 Å². The van der Waals surface area contributed by atoms with Gasteiger partial charge in [-0.05, 0) is 12.1 Å². The molecule has 0 aliphatic carbocycles. The molecule has 0 saturated carbocycles. The van der Waals surface area contributed by atoms with Crippen LogP contribution in [0.25, 0.3) is 0 Å². The summed E-state index contributed by atoms with van der Waals surface area (Å²) >= 11 is 0. The topological polar surface area (TPSA) is 42.4 Å². The molecule has 69 valence electrons. The van der Waals surface area contributed by atoms with Gasteiger partial charge in [-0.1, -0.05) is 0 Å². The van der Waals surface area contributed by atoms with Crippen molar-refractivity contribution in [3.05, 3.63) is 24.0 Å². The standard InChI is InChI=1S/C6H4BF3NO2/c8-6(9,10)5-2-1-4(3-11-5)13-7-12/h1-3,12H. The minimum atomic E-state index is -4.46. The Morgan fingerprint density at radius 1 is 1.38 bits per heavy atom. The van der Waals surface area contributed by atoms with E-state index in [4.69, 9.17) is 5.02 Å². The van der Waals surface area contributed by atoms with Crippen LogP contribution in [-0.4, -0.2) is 17.7 Å². The lowest BCUT2D eigenvalue weighted by Crippen LogP contribution is -2.08. The summed E-state index contributed by atoms with van der Waals surface area (Å²) in [6.45, 7) is 0. The van der Waals surface area contributed by atoms with Crippen molar-refractivity contribution in [1.82, 2.24) is 4.98 Å². The van der Waals surface area contributed by atoms with Gasteiger partial charge < -0.3 is 9.68 Å². The first-order valence-electron chi connectivity index (χ1n) is 3.20. The summed E-state index contributed by atoms with van der Waals surface area (Å²) in [6, 6.07) is 1.82. The smallest absolute Gasteiger partial charge is 0.536 e. The Morgan fingerprint density at radius 3 is 2.46 bits per heavy atom. The quantitative estimate of drug-likeness (QED) is 0.707. The molecular weight excluding hydrogens is 186 g/mol. The Bertz CT molecular complexity index is 274. The zero-order chi connectivity index (χ0) is 9.90. The predicted octanol–water partition coefficient (Wildman–Crippen LogP) is 1.01. The molecule has 0 saturated heterocycles. The van der Waals surface area contributed by atoms with E-state index in [0.717, 1.165) is 18.3 Å². The molecule has 0 bridgehead atoms.